The van der Waals surface area contributed by atoms with E-state index in [0.29, 0.717) is 22.8 Å². The summed E-state index contributed by atoms with van der Waals surface area (Å²) in [4.78, 5) is 4.30. The molecule has 0 radical (unpaired) electrons. The van der Waals surface area contributed by atoms with E-state index in [-0.39, 0.29) is 10.6 Å². The molecule has 1 aliphatic rings. The fraction of sp³-hybridized carbons (Fsp3) is 0.267. The number of fused-ring (bicyclic) bond motifs is 2. The zero-order chi connectivity index (χ0) is 14.8. The van der Waals surface area contributed by atoms with Crippen LogP contribution >= 0.6 is 0 Å². The lowest BCUT2D eigenvalue weighted by Gasteiger charge is -2.07. The van der Waals surface area contributed by atoms with Crippen LogP contribution in [-0.2, 0) is 15.6 Å². The molecule has 3 rings (SSSR count). The quantitative estimate of drug-likeness (QED) is 0.745. The number of aromatic nitrogens is 1. The minimum absolute atomic E-state index is 0.0420. The highest BCUT2D eigenvalue weighted by atomic mass is 32.2. The Morgan fingerprint density at radius 2 is 1.85 bits per heavy atom. The van der Waals surface area contributed by atoms with Crippen LogP contribution in [0.2, 0.25) is 0 Å². The van der Waals surface area contributed by atoms with Crippen LogP contribution < -0.4 is 4.74 Å². The number of nitrogens with zero attached hydrogens (tertiary/aromatic N) is 1. The van der Waals surface area contributed by atoms with Gasteiger partial charge in [-0.2, -0.15) is 0 Å². The third kappa shape index (κ3) is 2.67. The molecule has 0 atom stereocenters. The predicted molar refractivity (Wildman–Crippen MR) is 77.7 cm³/mol. The van der Waals surface area contributed by atoms with Crippen molar-refractivity contribution in [2.75, 3.05) is 0 Å². The van der Waals surface area contributed by atoms with Gasteiger partial charge in [0.1, 0.15) is 10.6 Å². The zero-order valence-corrected chi connectivity index (χ0v) is 12.6. The summed E-state index contributed by atoms with van der Waals surface area (Å²) in [6.45, 7) is 5.76. The lowest BCUT2D eigenvalue weighted by Crippen LogP contribution is -2.04. The van der Waals surface area contributed by atoms with Gasteiger partial charge in [-0.3, -0.25) is 4.98 Å². The molecule has 0 N–H and O–H groups in total. The van der Waals surface area contributed by atoms with Gasteiger partial charge in [-0.25, -0.2) is 8.42 Å². The first-order valence-corrected chi connectivity index (χ1v) is 8.17. The molecule has 106 valence electrons. The molecule has 2 aromatic rings. The summed E-state index contributed by atoms with van der Waals surface area (Å²) < 4.78 is 30.3. The summed E-state index contributed by atoms with van der Waals surface area (Å²) >= 11 is 0. The van der Waals surface area contributed by atoms with Crippen LogP contribution in [0.25, 0.3) is 0 Å². The minimum atomic E-state index is -3.38. The van der Waals surface area contributed by atoms with Gasteiger partial charge in [-0.1, -0.05) is 32.0 Å². The van der Waals surface area contributed by atoms with Crippen molar-refractivity contribution in [1.82, 2.24) is 4.98 Å². The third-order valence-corrected chi connectivity index (χ3v) is 4.52. The maximum atomic E-state index is 12.3. The Morgan fingerprint density at radius 3 is 2.60 bits per heavy atom. The smallest absolute Gasteiger partial charge is 0.186 e. The first kappa shape index (κ1) is 14.5. The number of para-hydroxylation sites is 1. The normalized spacial score (nSPS) is 14.8. The number of benzene rings is 1. The van der Waals surface area contributed by atoms with Crippen molar-refractivity contribution in [3.05, 3.63) is 47.8 Å². The molecular formula is C15H17NO3S. The van der Waals surface area contributed by atoms with Crippen LogP contribution in [0.1, 0.15) is 25.1 Å². The summed E-state index contributed by atoms with van der Waals surface area (Å²) in [5.74, 6) is 0.829. The summed E-state index contributed by atoms with van der Waals surface area (Å²) in [6, 6.07) is 8.70. The third-order valence-electron chi connectivity index (χ3n) is 2.84. The summed E-state index contributed by atoms with van der Waals surface area (Å²) in [5.41, 5.74) is 1.33. The van der Waals surface area contributed by atoms with Gasteiger partial charge in [-0.15, -0.1) is 0 Å². The number of rotatable bonds is 0. The van der Waals surface area contributed by atoms with Gasteiger partial charge in [0.2, 0.25) is 0 Å². The second-order valence-corrected chi connectivity index (χ2v) is 6.20. The van der Waals surface area contributed by atoms with E-state index in [2.05, 4.69) is 4.98 Å². The molecule has 0 spiro atoms. The Morgan fingerprint density at radius 1 is 1.15 bits per heavy atom. The number of sulfone groups is 1. The molecule has 5 heteroatoms. The molecule has 0 saturated heterocycles. The van der Waals surface area contributed by atoms with E-state index in [9.17, 15) is 8.42 Å². The standard InChI is InChI=1S/C13H11NO3S.C2H6/c1-9-6-13-12(7-14-9)17-11-5-3-2-4-10(11)8-18(13,15)16;1-2/h2-7H,8H2,1H3;1-2H3. The predicted octanol–water partition coefficient (Wildman–Crippen LogP) is 3.50. The van der Waals surface area contributed by atoms with Crippen molar-refractivity contribution in [2.45, 2.75) is 31.4 Å². The Balaban J connectivity index is 0.000000704. The Bertz CT molecular complexity index is 724. The molecule has 2 heterocycles. The molecule has 4 nitrogen and oxygen atoms in total. The molecule has 1 aromatic heterocycles. The van der Waals surface area contributed by atoms with Crippen LogP contribution in [0.4, 0.5) is 0 Å². The first-order chi connectivity index (χ1) is 9.56. The highest BCUT2D eigenvalue weighted by molar-refractivity contribution is 7.90. The summed E-state index contributed by atoms with van der Waals surface area (Å²) in [7, 11) is -3.38. The highest BCUT2D eigenvalue weighted by Crippen LogP contribution is 2.37. The minimum Gasteiger partial charge on any atom is -0.454 e. The van der Waals surface area contributed by atoms with Crippen molar-refractivity contribution in [3.63, 3.8) is 0 Å². The van der Waals surface area contributed by atoms with Crippen molar-refractivity contribution in [3.8, 4) is 11.5 Å². The molecule has 0 aliphatic carbocycles. The number of aryl methyl sites for hydroxylation is 1. The lowest BCUT2D eigenvalue weighted by molar-refractivity contribution is 0.465. The largest absolute Gasteiger partial charge is 0.454 e. The van der Waals surface area contributed by atoms with Gasteiger partial charge in [0.15, 0.2) is 15.6 Å². The average molecular weight is 291 g/mol. The van der Waals surface area contributed by atoms with E-state index in [4.69, 9.17) is 4.74 Å². The molecule has 0 amide bonds. The lowest BCUT2D eigenvalue weighted by atomic mass is 10.2. The molecule has 20 heavy (non-hydrogen) atoms. The molecule has 1 aliphatic heterocycles. The summed E-state index contributed by atoms with van der Waals surface area (Å²) in [6.07, 6.45) is 1.46. The van der Waals surface area contributed by atoms with Crippen molar-refractivity contribution >= 4 is 9.84 Å². The fourth-order valence-electron chi connectivity index (χ4n) is 1.97. The van der Waals surface area contributed by atoms with Crippen molar-refractivity contribution < 1.29 is 13.2 Å². The molecule has 0 fully saturated rings. The van der Waals surface area contributed by atoms with Crippen molar-refractivity contribution in [1.29, 1.82) is 0 Å². The van der Waals surface area contributed by atoms with Crippen LogP contribution in [0.15, 0.2) is 41.4 Å². The van der Waals surface area contributed by atoms with Crippen LogP contribution in [-0.4, -0.2) is 13.4 Å². The van der Waals surface area contributed by atoms with Gasteiger partial charge in [0.25, 0.3) is 0 Å². The topological polar surface area (TPSA) is 56.3 Å². The van der Waals surface area contributed by atoms with E-state index in [1.54, 1.807) is 31.2 Å². The number of pyridine rings is 1. The first-order valence-electron chi connectivity index (χ1n) is 6.51. The monoisotopic (exact) mass is 291 g/mol. The van der Waals surface area contributed by atoms with Gasteiger partial charge in [0, 0.05) is 11.3 Å². The van der Waals surface area contributed by atoms with Gasteiger partial charge in [0.05, 0.1) is 11.9 Å². The maximum absolute atomic E-state index is 12.3. The van der Waals surface area contributed by atoms with E-state index < -0.39 is 9.84 Å². The Labute approximate surface area is 119 Å². The number of hydrogen-bond donors (Lipinski definition) is 0. The highest BCUT2D eigenvalue weighted by Gasteiger charge is 2.26. The molecule has 0 bridgehead atoms. The molecular weight excluding hydrogens is 274 g/mol. The van der Waals surface area contributed by atoms with E-state index in [1.807, 2.05) is 19.9 Å². The molecule has 1 aromatic carbocycles. The van der Waals surface area contributed by atoms with Gasteiger partial charge >= 0.3 is 0 Å². The second-order valence-electron chi connectivity index (χ2n) is 4.24. The Kier molecular flexibility index (Phi) is 4.09. The van der Waals surface area contributed by atoms with Gasteiger partial charge < -0.3 is 4.74 Å². The van der Waals surface area contributed by atoms with E-state index in [0.717, 1.165) is 0 Å². The zero-order valence-electron chi connectivity index (χ0n) is 11.8. The maximum Gasteiger partial charge on any atom is 0.186 e. The average Bonchev–Trinajstić information content (AvgIpc) is 2.55. The Hall–Kier alpha value is -1.88. The van der Waals surface area contributed by atoms with E-state index in [1.165, 1.54) is 6.20 Å². The van der Waals surface area contributed by atoms with Crippen LogP contribution in [0.3, 0.4) is 0 Å². The van der Waals surface area contributed by atoms with Gasteiger partial charge in [-0.05, 0) is 19.1 Å². The number of ether oxygens (including phenoxy) is 1. The fourth-order valence-corrected chi connectivity index (χ4v) is 3.52. The molecule has 0 saturated carbocycles. The van der Waals surface area contributed by atoms with Crippen LogP contribution in [0.5, 0.6) is 11.5 Å². The van der Waals surface area contributed by atoms with E-state index >= 15 is 0 Å². The second kappa shape index (κ2) is 5.63. The number of hydrogen-bond acceptors (Lipinski definition) is 4. The van der Waals surface area contributed by atoms with Crippen LogP contribution in [0, 0.1) is 6.92 Å². The SMILES string of the molecule is CC.Cc1cc2c(cn1)Oc1ccccc1CS2(=O)=O. The summed E-state index contributed by atoms with van der Waals surface area (Å²) in [5, 5.41) is 0. The van der Waals surface area contributed by atoms with Crippen molar-refractivity contribution in [2.24, 2.45) is 0 Å². The molecule has 0 unspecified atom stereocenters.